The predicted octanol–water partition coefficient (Wildman–Crippen LogP) is 1.81. The molecule has 0 aliphatic carbocycles. The highest BCUT2D eigenvalue weighted by atomic mass is 16.7. The molecule has 0 saturated carbocycles. The molecule has 1 fully saturated rings. The van der Waals surface area contributed by atoms with E-state index >= 15 is 0 Å². The van der Waals surface area contributed by atoms with E-state index in [1.165, 1.54) is 5.01 Å². The summed E-state index contributed by atoms with van der Waals surface area (Å²) in [6.07, 6.45) is 1.61. The van der Waals surface area contributed by atoms with Crippen LogP contribution in [0.25, 0.3) is 0 Å². The third-order valence-corrected chi connectivity index (χ3v) is 2.47. The van der Waals surface area contributed by atoms with Gasteiger partial charge in [0, 0.05) is 33.0 Å². The van der Waals surface area contributed by atoms with E-state index in [9.17, 15) is 9.59 Å². The Kier molecular flexibility index (Phi) is 4.69. The summed E-state index contributed by atoms with van der Waals surface area (Å²) in [5, 5.41) is 5.37. The molecule has 19 heavy (non-hydrogen) atoms. The van der Waals surface area contributed by atoms with E-state index in [4.69, 9.17) is 9.47 Å². The van der Waals surface area contributed by atoms with Crippen molar-refractivity contribution >= 4 is 17.6 Å². The average molecular weight is 268 g/mol. The molecule has 0 N–H and O–H groups in total. The summed E-state index contributed by atoms with van der Waals surface area (Å²) in [7, 11) is 1.69. The Morgan fingerprint density at radius 1 is 1.26 bits per heavy atom. The fraction of sp³-hybridized carbons (Fsp3) is 0.615. The third kappa shape index (κ3) is 5.11. The van der Waals surface area contributed by atoms with Gasteiger partial charge in [-0.15, -0.1) is 0 Å². The molecule has 0 atom stereocenters. The van der Waals surface area contributed by atoms with Crippen LogP contribution in [0.15, 0.2) is 17.4 Å². The van der Waals surface area contributed by atoms with Crippen molar-refractivity contribution in [3.8, 4) is 0 Å². The Morgan fingerprint density at radius 2 is 1.89 bits per heavy atom. The molecule has 6 nitrogen and oxygen atoms in total. The number of rotatable bonds is 0. The van der Waals surface area contributed by atoms with Crippen molar-refractivity contribution in [2.24, 2.45) is 5.10 Å². The standard InChI is InChI=1S/C7H10O3.C6H10N2O/c1-5-4-6(8)10-7(2,3)9-5;1-5-3-4-6(9)8(2)7-5/h1,4H2,2-3H3;3-4H2,1-2H3. The number of carbonyl (C=O) groups is 2. The van der Waals surface area contributed by atoms with Crippen LogP contribution in [0, 0.1) is 0 Å². The Hall–Kier alpha value is -1.85. The van der Waals surface area contributed by atoms with Gasteiger partial charge < -0.3 is 9.47 Å². The molecule has 0 radical (unpaired) electrons. The summed E-state index contributed by atoms with van der Waals surface area (Å²) in [4.78, 5) is 21.5. The van der Waals surface area contributed by atoms with Crippen molar-refractivity contribution in [2.45, 2.75) is 45.8 Å². The topological polar surface area (TPSA) is 68.2 Å². The molecule has 1 amide bonds. The van der Waals surface area contributed by atoms with Crippen LogP contribution < -0.4 is 0 Å². The number of hydrogen-bond donors (Lipinski definition) is 0. The maximum atomic E-state index is 10.8. The molecule has 2 aliphatic rings. The van der Waals surface area contributed by atoms with Gasteiger partial charge in [0.2, 0.25) is 11.7 Å². The fourth-order valence-corrected chi connectivity index (χ4v) is 1.69. The van der Waals surface area contributed by atoms with Crippen LogP contribution in [0.1, 0.15) is 40.0 Å². The van der Waals surface area contributed by atoms with Gasteiger partial charge in [-0.1, -0.05) is 6.58 Å². The first-order valence-corrected chi connectivity index (χ1v) is 6.09. The minimum absolute atomic E-state index is 0.112. The normalized spacial score (nSPS) is 21.8. The summed E-state index contributed by atoms with van der Waals surface area (Å²) >= 11 is 0. The lowest BCUT2D eigenvalue weighted by Gasteiger charge is -2.31. The maximum absolute atomic E-state index is 10.8. The molecule has 1 saturated heterocycles. The Morgan fingerprint density at radius 3 is 2.32 bits per heavy atom. The van der Waals surface area contributed by atoms with Crippen molar-refractivity contribution in [1.29, 1.82) is 0 Å². The molecule has 0 spiro atoms. The molecule has 0 bridgehead atoms. The molecule has 2 heterocycles. The highest BCUT2D eigenvalue weighted by Gasteiger charge is 2.30. The Labute approximate surface area is 113 Å². The number of nitrogens with zero attached hydrogens (tertiary/aromatic N) is 2. The molecule has 0 aromatic rings. The largest absolute Gasteiger partial charge is 0.457 e. The van der Waals surface area contributed by atoms with Crippen LogP contribution in [0.2, 0.25) is 0 Å². The number of esters is 1. The number of hydrazone groups is 1. The number of ether oxygens (including phenoxy) is 2. The van der Waals surface area contributed by atoms with E-state index in [2.05, 4.69) is 11.7 Å². The van der Waals surface area contributed by atoms with Gasteiger partial charge in [0.25, 0.3) is 0 Å². The SMILES string of the molecule is C=C1CC(=O)OC(C)(C)O1.CC1=NN(C)C(=O)CC1. The highest BCUT2D eigenvalue weighted by Crippen LogP contribution is 2.23. The van der Waals surface area contributed by atoms with E-state index in [1.54, 1.807) is 20.9 Å². The zero-order valence-corrected chi connectivity index (χ0v) is 11.9. The van der Waals surface area contributed by atoms with Gasteiger partial charge in [0.1, 0.15) is 12.2 Å². The smallest absolute Gasteiger partial charge is 0.316 e. The third-order valence-electron chi connectivity index (χ3n) is 2.47. The lowest BCUT2D eigenvalue weighted by Crippen LogP contribution is -2.35. The number of carbonyl (C=O) groups excluding carboxylic acids is 2. The quantitative estimate of drug-likeness (QED) is 0.628. The Bertz CT molecular complexity index is 408. The predicted molar refractivity (Wildman–Crippen MR) is 70.1 cm³/mol. The molecule has 0 aromatic heterocycles. The summed E-state index contributed by atoms with van der Waals surface area (Å²) in [5.74, 6) is -0.519. The molecule has 106 valence electrons. The molecule has 0 aromatic carbocycles. The lowest BCUT2D eigenvalue weighted by atomic mass is 10.2. The van der Waals surface area contributed by atoms with Crippen LogP contribution in [0.3, 0.4) is 0 Å². The van der Waals surface area contributed by atoms with Crippen molar-refractivity contribution in [1.82, 2.24) is 5.01 Å². The first kappa shape index (κ1) is 15.2. The van der Waals surface area contributed by atoms with Crippen molar-refractivity contribution in [2.75, 3.05) is 7.05 Å². The van der Waals surface area contributed by atoms with Crippen LogP contribution in [0.5, 0.6) is 0 Å². The minimum Gasteiger partial charge on any atom is -0.457 e. The number of hydrogen-bond acceptors (Lipinski definition) is 5. The second-order valence-electron chi connectivity index (χ2n) is 4.94. The van der Waals surface area contributed by atoms with Gasteiger partial charge in [-0.2, -0.15) is 5.10 Å². The lowest BCUT2D eigenvalue weighted by molar-refractivity contribution is -0.217. The average Bonchev–Trinajstić information content (AvgIpc) is 2.21. The summed E-state index contributed by atoms with van der Waals surface area (Å²) < 4.78 is 9.93. The molecular weight excluding hydrogens is 248 g/mol. The number of amides is 1. The van der Waals surface area contributed by atoms with Crippen molar-refractivity contribution in [3.05, 3.63) is 12.3 Å². The van der Waals surface area contributed by atoms with Crippen molar-refractivity contribution in [3.63, 3.8) is 0 Å². The fourth-order valence-electron chi connectivity index (χ4n) is 1.69. The molecule has 2 aliphatic heterocycles. The number of cyclic esters (lactones) is 1. The van der Waals surface area contributed by atoms with Crippen LogP contribution >= 0.6 is 0 Å². The van der Waals surface area contributed by atoms with Gasteiger partial charge >= 0.3 is 5.97 Å². The van der Waals surface area contributed by atoms with Crippen molar-refractivity contribution < 1.29 is 19.1 Å². The second-order valence-corrected chi connectivity index (χ2v) is 4.94. The van der Waals surface area contributed by atoms with Gasteiger partial charge in [-0.3, -0.25) is 9.59 Å². The zero-order valence-electron chi connectivity index (χ0n) is 11.9. The maximum Gasteiger partial charge on any atom is 0.316 e. The summed E-state index contributed by atoms with van der Waals surface area (Å²) in [6.45, 7) is 8.82. The van der Waals surface area contributed by atoms with Gasteiger partial charge in [0.05, 0.1) is 0 Å². The first-order chi connectivity index (χ1) is 8.69. The van der Waals surface area contributed by atoms with Gasteiger partial charge in [-0.25, -0.2) is 5.01 Å². The van der Waals surface area contributed by atoms with Crippen LogP contribution in [-0.2, 0) is 19.1 Å². The van der Waals surface area contributed by atoms with E-state index in [-0.39, 0.29) is 18.3 Å². The van der Waals surface area contributed by atoms with E-state index in [0.717, 1.165) is 12.1 Å². The molecule has 2 rings (SSSR count). The molecule has 6 heteroatoms. The van der Waals surface area contributed by atoms with E-state index in [1.807, 2.05) is 6.92 Å². The van der Waals surface area contributed by atoms with Gasteiger partial charge in [-0.05, 0) is 13.3 Å². The van der Waals surface area contributed by atoms with Crippen LogP contribution in [-0.4, -0.2) is 35.4 Å². The van der Waals surface area contributed by atoms with E-state index in [0.29, 0.717) is 12.2 Å². The summed E-state index contributed by atoms with van der Waals surface area (Å²) in [6, 6.07) is 0. The Balaban J connectivity index is 0.000000191. The van der Waals surface area contributed by atoms with Crippen LogP contribution in [0.4, 0.5) is 0 Å². The van der Waals surface area contributed by atoms with Gasteiger partial charge in [0.15, 0.2) is 0 Å². The zero-order chi connectivity index (χ0) is 14.6. The summed E-state index contributed by atoms with van der Waals surface area (Å²) in [5.41, 5.74) is 1.04. The molecular formula is C13H20N2O4. The first-order valence-electron chi connectivity index (χ1n) is 6.09. The highest BCUT2D eigenvalue weighted by molar-refractivity contribution is 5.90. The van der Waals surface area contributed by atoms with E-state index < -0.39 is 5.79 Å². The monoisotopic (exact) mass is 268 g/mol. The molecule has 0 unspecified atom stereocenters. The minimum atomic E-state index is -0.827. The second kappa shape index (κ2) is 5.86.